The molecule has 2 N–H and O–H groups in total. The van der Waals surface area contributed by atoms with Crippen LogP contribution in [0.3, 0.4) is 0 Å². The Morgan fingerprint density at radius 1 is 1.21 bits per heavy atom. The van der Waals surface area contributed by atoms with Gasteiger partial charge in [0, 0.05) is 17.3 Å². The molecule has 1 aliphatic carbocycles. The van der Waals surface area contributed by atoms with Gasteiger partial charge in [0.15, 0.2) is 10.9 Å². The molecule has 2 aromatic heterocycles. The van der Waals surface area contributed by atoms with Gasteiger partial charge in [0.1, 0.15) is 5.82 Å². The van der Waals surface area contributed by atoms with E-state index in [9.17, 15) is 9.59 Å². The monoisotopic (exact) mass is 472 g/mol. The van der Waals surface area contributed by atoms with Crippen molar-refractivity contribution in [3.05, 3.63) is 80.1 Å². The average molecular weight is 473 g/mol. The number of allylic oxidation sites excluding steroid dienone is 5. The van der Waals surface area contributed by atoms with Gasteiger partial charge < -0.3 is 5.73 Å². The second kappa shape index (κ2) is 7.86. The van der Waals surface area contributed by atoms with E-state index in [1.165, 1.54) is 17.8 Å². The fourth-order valence-electron chi connectivity index (χ4n) is 2.62. The van der Waals surface area contributed by atoms with Crippen LogP contribution < -0.4 is 11.3 Å². The predicted octanol–water partition coefficient (Wildman–Crippen LogP) is 3.83. The SMILES string of the molecule is Nc1c(/C=C2\C=CC(=O)C(Br)=C2)c(=O)nc2snc(SCc3ccccc3)n12. The molecule has 6 nitrogen and oxygen atoms in total. The molecule has 0 amide bonds. The summed E-state index contributed by atoms with van der Waals surface area (Å²) in [5, 5.41) is 0.680. The van der Waals surface area contributed by atoms with E-state index in [0.717, 1.165) is 22.8 Å². The molecule has 140 valence electrons. The molecule has 0 spiro atoms. The van der Waals surface area contributed by atoms with Gasteiger partial charge in [-0.25, -0.2) is 4.40 Å². The average Bonchev–Trinajstić information content (AvgIpc) is 3.10. The number of anilines is 1. The Balaban J connectivity index is 1.74. The molecule has 0 fully saturated rings. The van der Waals surface area contributed by atoms with Gasteiger partial charge in [0.2, 0.25) is 4.96 Å². The first-order valence-corrected chi connectivity index (χ1v) is 10.7. The molecule has 1 aromatic carbocycles. The van der Waals surface area contributed by atoms with E-state index in [2.05, 4.69) is 25.3 Å². The van der Waals surface area contributed by atoms with E-state index < -0.39 is 5.56 Å². The minimum absolute atomic E-state index is 0.128. The summed E-state index contributed by atoms with van der Waals surface area (Å²) in [4.78, 5) is 28.6. The van der Waals surface area contributed by atoms with Crippen molar-refractivity contribution in [2.45, 2.75) is 10.9 Å². The van der Waals surface area contributed by atoms with Crippen molar-refractivity contribution in [1.29, 1.82) is 0 Å². The number of carbonyl (C=O) groups is 1. The number of aromatic nitrogens is 3. The number of benzene rings is 1. The maximum atomic E-state index is 12.5. The summed E-state index contributed by atoms with van der Waals surface area (Å²) in [6, 6.07) is 10.0. The van der Waals surface area contributed by atoms with Gasteiger partial charge in [-0.2, -0.15) is 9.36 Å². The quantitative estimate of drug-likeness (QED) is 0.580. The van der Waals surface area contributed by atoms with Crippen LogP contribution in [-0.4, -0.2) is 19.5 Å². The molecule has 0 aliphatic heterocycles. The van der Waals surface area contributed by atoms with Crippen molar-refractivity contribution in [2.75, 3.05) is 5.73 Å². The third-order valence-corrected chi connectivity index (χ3v) is 6.46. The van der Waals surface area contributed by atoms with Crippen LogP contribution in [-0.2, 0) is 10.5 Å². The maximum Gasteiger partial charge on any atom is 0.283 e. The Labute approximate surface area is 176 Å². The summed E-state index contributed by atoms with van der Waals surface area (Å²) in [5.74, 6) is 0.876. The second-order valence-corrected chi connectivity index (χ2v) is 8.43. The Morgan fingerprint density at radius 3 is 2.75 bits per heavy atom. The molecule has 0 radical (unpaired) electrons. The summed E-state index contributed by atoms with van der Waals surface area (Å²) >= 11 is 5.87. The van der Waals surface area contributed by atoms with Gasteiger partial charge in [-0.1, -0.05) is 48.2 Å². The van der Waals surface area contributed by atoms with Crippen LogP contribution in [0.15, 0.2) is 68.6 Å². The lowest BCUT2D eigenvalue weighted by Crippen LogP contribution is -2.16. The van der Waals surface area contributed by atoms with Crippen LogP contribution in [0.5, 0.6) is 0 Å². The van der Waals surface area contributed by atoms with Crippen molar-refractivity contribution >= 4 is 61.9 Å². The first-order chi connectivity index (χ1) is 13.5. The van der Waals surface area contributed by atoms with Gasteiger partial charge in [0.25, 0.3) is 5.56 Å². The number of nitrogens with zero attached hydrogens (tertiary/aromatic N) is 3. The summed E-state index contributed by atoms with van der Waals surface area (Å²) in [6.45, 7) is 0. The van der Waals surface area contributed by atoms with Crippen LogP contribution in [0.2, 0.25) is 0 Å². The number of ketones is 1. The Hall–Kier alpha value is -2.49. The third kappa shape index (κ3) is 3.73. The van der Waals surface area contributed by atoms with E-state index in [1.54, 1.807) is 22.6 Å². The van der Waals surface area contributed by atoms with Crippen molar-refractivity contribution in [2.24, 2.45) is 0 Å². The van der Waals surface area contributed by atoms with Crippen molar-refractivity contribution < 1.29 is 4.79 Å². The maximum absolute atomic E-state index is 12.5. The number of hydrogen-bond acceptors (Lipinski definition) is 7. The molecule has 0 bridgehead atoms. The largest absolute Gasteiger partial charge is 0.384 e. The topological polar surface area (TPSA) is 90.4 Å². The highest BCUT2D eigenvalue weighted by molar-refractivity contribution is 9.12. The zero-order chi connectivity index (χ0) is 19.7. The van der Waals surface area contributed by atoms with E-state index >= 15 is 0 Å². The second-order valence-electron chi connectivity index (χ2n) is 5.91. The van der Waals surface area contributed by atoms with Crippen LogP contribution >= 0.6 is 39.2 Å². The molecule has 2 heterocycles. The first-order valence-electron chi connectivity index (χ1n) is 8.19. The van der Waals surface area contributed by atoms with E-state index in [-0.39, 0.29) is 17.2 Å². The third-order valence-electron chi connectivity index (χ3n) is 4.01. The minimum atomic E-state index is -0.428. The number of carbonyl (C=O) groups excluding carboxylic acids is 1. The molecule has 4 rings (SSSR count). The van der Waals surface area contributed by atoms with Gasteiger partial charge in [0.05, 0.1) is 10.0 Å². The Bertz CT molecular complexity index is 1230. The number of nitrogen functional groups attached to an aromatic ring is 1. The van der Waals surface area contributed by atoms with Crippen LogP contribution in [0, 0.1) is 0 Å². The Kier molecular flexibility index (Phi) is 5.29. The molecule has 28 heavy (non-hydrogen) atoms. The zero-order valence-electron chi connectivity index (χ0n) is 14.3. The van der Waals surface area contributed by atoms with Crippen molar-refractivity contribution in [3.63, 3.8) is 0 Å². The van der Waals surface area contributed by atoms with Gasteiger partial charge in [-0.3, -0.25) is 9.59 Å². The predicted molar refractivity (Wildman–Crippen MR) is 117 cm³/mol. The highest BCUT2D eigenvalue weighted by atomic mass is 79.9. The molecule has 0 unspecified atom stereocenters. The smallest absolute Gasteiger partial charge is 0.283 e. The molecular formula is C19H13BrN4O2S2. The highest BCUT2D eigenvalue weighted by Crippen LogP contribution is 2.28. The summed E-state index contributed by atoms with van der Waals surface area (Å²) < 4.78 is 6.53. The number of hydrogen-bond donors (Lipinski definition) is 1. The minimum Gasteiger partial charge on any atom is -0.384 e. The van der Waals surface area contributed by atoms with Gasteiger partial charge in [-0.05, 0) is 45.3 Å². The lowest BCUT2D eigenvalue weighted by molar-refractivity contribution is -0.110. The normalized spacial score (nSPS) is 15.4. The summed E-state index contributed by atoms with van der Waals surface area (Å²) in [6.07, 6.45) is 6.35. The number of halogens is 1. The molecule has 0 saturated heterocycles. The van der Waals surface area contributed by atoms with Crippen LogP contribution in [0.25, 0.3) is 11.0 Å². The number of fused-ring (bicyclic) bond motifs is 1. The van der Waals surface area contributed by atoms with Gasteiger partial charge in [-0.15, -0.1) is 0 Å². The van der Waals surface area contributed by atoms with E-state index in [0.29, 0.717) is 20.2 Å². The number of thioether (sulfide) groups is 1. The van der Waals surface area contributed by atoms with Gasteiger partial charge >= 0.3 is 0 Å². The van der Waals surface area contributed by atoms with Crippen molar-refractivity contribution in [3.8, 4) is 0 Å². The molecule has 9 heteroatoms. The van der Waals surface area contributed by atoms with E-state index in [1.807, 2.05) is 30.3 Å². The standard InChI is InChI=1S/C19H13BrN4O2S2/c20-14-9-12(6-7-15(14)25)8-13-16(21)24-18(22-17(13)26)28-23-19(24)27-10-11-4-2-1-3-5-11/h1-9H,10,21H2/b12-8+. The fourth-order valence-corrected chi connectivity index (χ4v) is 4.83. The lowest BCUT2D eigenvalue weighted by Gasteiger charge is -2.08. The summed E-state index contributed by atoms with van der Waals surface area (Å²) in [5.41, 5.74) is 8.00. The lowest BCUT2D eigenvalue weighted by atomic mass is 10.1. The summed E-state index contributed by atoms with van der Waals surface area (Å²) in [7, 11) is 0. The van der Waals surface area contributed by atoms with Crippen LogP contribution in [0.1, 0.15) is 11.1 Å². The first kappa shape index (κ1) is 18.9. The fraction of sp³-hybridized carbons (Fsp3) is 0.0526. The molecule has 3 aromatic rings. The molecule has 1 aliphatic rings. The van der Waals surface area contributed by atoms with Crippen molar-refractivity contribution in [1.82, 2.24) is 13.8 Å². The molecular weight excluding hydrogens is 460 g/mol. The zero-order valence-corrected chi connectivity index (χ0v) is 17.6. The number of rotatable bonds is 4. The highest BCUT2D eigenvalue weighted by Gasteiger charge is 2.16. The van der Waals surface area contributed by atoms with Crippen LogP contribution in [0.4, 0.5) is 5.82 Å². The Morgan fingerprint density at radius 2 is 2.00 bits per heavy atom. The molecule has 0 saturated carbocycles. The number of nitrogens with two attached hydrogens (primary N) is 1. The molecule has 0 atom stereocenters. The van der Waals surface area contributed by atoms with E-state index in [4.69, 9.17) is 5.73 Å².